The van der Waals surface area contributed by atoms with Crippen LogP contribution in [0.4, 0.5) is 0 Å². The van der Waals surface area contributed by atoms with E-state index in [0.717, 1.165) is 0 Å². The first-order chi connectivity index (χ1) is 12.5. The van der Waals surface area contributed by atoms with Gasteiger partial charge in [0.2, 0.25) is 0 Å². The molecule has 7 nitrogen and oxygen atoms in total. The first-order valence-electron chi connectivity index (χ1n) is 8.33. The summed E-state index contributed by atoms with van der Waals surface area (Å²) < 4.78 is 10.7. The molecule has 26 heavy (non-hydrogen) atoms. The van der Waals surface area contributed by atoms with Crippen molar-refractivity contribution < 1.29 is 24.0 Å². The van der Waals surface area contributed by atoms with Crippen LogP contribution in [-0.4, -0.2) is 53.3 Å². The number of rotatable bonds is 3. The van der Waals surface area contributed by atoms with Gasteiger partial charge in [0, 0.05) is 37.2 Å². The number of aliphatic carboxylic acids is 1. The lowest BCUT2D eigenvalue weighted by Gasteiger charge is -2.33. The first kappa shape index (κ1) is 17.1. The van der Waals surface area contributed by atoms with Gasteiger partial charge >= 0.3 is 5.97 Å². The molecule has 1 amide bonds. The molecule has 2 atom stereocenters. The van der Waals surface area contributed by atoms with Crippen LogP contribution in [-0.2, 0) is 9.53 Å². The highest BCUT2D eigenvalue weighted by Crippen LogP contribution is 2.43. The molecule has 2 fully saturated rings. The predicted octanol–water partition coefficient (Wildman–Crippen LogP) is 2.56. The Kier molecular flexibility index (Phi) is 4.20. The van der Waals surface area contributed by atoms with Crippen LogP contribution >= 0.6 is 11.6 Å². The lowest BCUT2D eigenvalue weighted by Crippen LogP contribution is -2.45. The third-order valence-electron chi connectivity index (χ3n) is 5.29. The molecule has 0 spiro atoms. The summed E-state index contributed by atoms with van der Waals surface area (Å²) in [6.07, 6.45) is 0.403. The molecule has 2 saturated heterocycles. The Bertz CT molecular complexity index is 867. The number of carbonyl (C=O) groups is 2. The molecule has 0 aliphatic carbocycles. The summed E-state index contributed by atoms with van der Waals surface area (Å²) in [5.74, 6) is -1.04. The van der Waals surface area contributed by atoms with Gasteiger partial charge < -0.3 is 19.3 Å². The standard InChI is InChI=1S/C18H17ClN2O5/c19-13-4-2-1-3-12(13)15-7-14(20-26-15)16(22)21-8-11-9-25-6-5-18(11,10-21)17(23)24/h1-4,7,11H,5-6,8-10H2,(H,23,24)/t11-,18+/m0/s1. The van der Waals surface area contributed by atoms with E-state index in [-0.39, 0.29) is 24.1 Å². The Morgan fingerprint density at radius 1 is 1.35 bits per heavy atom. The van der Waals surface area contributed by atoms with Crippen molar-refractivity contribution in [3.8, 4) is 11.3 Å². The highest BCUT2D eigenvalue weighted by molar-refractivity contribution is 6.33. The number of fused-ring (bicyclic) bond motifs is 1. The van der Waals surface area contributed by atoms with Crippen molar-refractivity contribution in [1.82, 2.24) is 10.1 Å². The molecule has 0 bridgehead atoms. The molecule has 0 radical (unpaired) electrons. The molecule has 4 rings (SSSR count). The zero-order chi connectivity index (χ0) is 18.3. The van der Waals surface area contributed by atoms with Gasteiger partial charge in [-0.3, -0.25) is 9.59 Å². The number of ether oxygens (including phenoxy) is 1. The Labute approximate surface area is 154 Å². The minimum atomic E-state index is -0.941. The van der Waals surface area contributed by atoms with E-state index >= 15 is 0 Å². The summed E-state index contributed by atoms with van der Waals surface area (Å²) in [5, 5.41) is 14.1. The molecule has 2 aromatic rings. The fraction of sp³-hybridized carbons (Fsp3) is 0.389. The molecule has 1 aromatic heterocycles. The molecule has 3 heterocycles. The van der Waals surface area contributed by atoms with E-state index in [2.05, 4.69) is 5.16 Å². The van der Waals surface area contributed by atoms with Crippen molar-refractivity contribution in [2.24, 2.45) is 11.3 Å². The smallest absolute Gasteiger partial charge is 0.311 e. The maximum Gasteiger partial charge on any atom is 0.311 e. The van der Waals surface area contributed by atoms with E-state index in [0.29, 0.717) is 42.5 Å². The van der Waals surface area contributed by atoms with Crippen molar-refractivity contribution in [2.75, 3.05) is 26.3 Å². The van der Waals surface area contributed by atoms with E-state index in [1.807, 2.05) is 6.07 Å². The van der Waals surface area contributed by atoms with Gasteiger partial charge in [-0.25, -0.2) is 0 Å². The van der Waals surface area contributed by atoms with Crippen LogP contribution in [0.3, 0.4) is 0 Å². The molecule has 8 heteroatoms. The van der Waals surface area contributed by atoms with Crippen LogP contribution in [0.15, 0.2) is 34.9 Å². The summed E-state index contributed by atoms with van der Waals surface area (Å²) in [6.45, 7) is 1.23. The van der Waals surface area contributed by atoms with Gasteiger partial charge in [0.25, 0.3) is 5.91 Å². The number of carboxylic acids is 1. The number of likely N-dealkylation sites (tertiary alicyclic amines) is 1. The topological polar surface area (TPSA) is 92.9 Å². The second-order valence-electron chi connectivity index (χ2n) is 6.73. The SMILES string of the molecule is O=C(c1cc(-c2ccccc2Cl)on1)N1C[C@H]2COCC[C@@]2(C(=O)O)C1. The van der Waals surface area contributed by atoms with Crippen LogP contribution < -0.4 is 0 Å². The monoisotopic (exact) mass is 376 g/mol. The summed E-state index contributed by atoms with van der Waals surface area (Å²) in [7, 11) is 0. The zero-order valence-corrected chi connectivity index (χ0v) is 14.6. The van der Waals surface area contributed by atoms with Gasteiger partial charge in [-0.15, -0.1) is 0 Å². The molecule has 0 unspecified atom stereocenters. The zero-order valence-electron chi connectivity index (χ0n) is 13.9. The summed E-state index contributed by atoms with van der Waals surface area (Å²) >= 11 is 6.15. The maximum atomic E-state index is 12.8. The van der Waals surface area contributed by atoms with E-state index < -0.39 is 11.4 Å². The highest BCUT2D eigenvalue weighted by atomic mass is 35.5. The molecule has 2 aliphatic rings. The maximum absolute atomic E-state index is 12.8. The van der Waals surface area contributed by atoms with Gasteiger partial charge in [-0.1, -0.05) is 28.9 Å². The first-order valence-corrected chi connectivity index (χ1v) is 8.71. The van der Waals surface area contributed by atoms with Crippen molar-refractivity contribution in [3.05, 3.63) is 41.0 Å². The van der Waals surface area contributed by atoms with Crippen molar-refractivity contribution in [3.63, 3.8) is 0 Å². The summed E-state index contributed by atoms with van der Waals surface area (Å²) in [6, 6.07) is 8.65. The Morgan fingerprint density at radius 3 is 2.88 bits per heavy atom. The summed E-state index contributed by atoms with van der Waals surface area (Å²) in [5.41, 5.74) is -0.158. The molecule has 1 N–H and O–H groups in total. The van der Waals surface area contributed by atoms with E-state index in [1.54, 1.807) is 18.2 Å². The number of nitrogens with zero attached hydrogens (tertiary/aromatic N) is 2. The van der Waals surface area contributed by atoms with Crippen LogP contribution in [0.1, 0.15) is 16.9 Å². The lowest BCUT2D eigenvalue weighted by molar-refractivity contribution is -0.157. The van der Waals surface area contributed by atoms with E-state index in [9.17, 15) is 14.7 Å². The second kappa shape index (κ2) is 6.41. The van der Waals surface area contributed by atoms with Crippen molar-refractivity contribution in [1.29, 1.82) is 0 Å². The van der Waals surface area contributed by atoms with Gasteiger partial charge in [0.1, 0.15) is 0 Å². The lowest BCUT2D eigenvalue weighted by atomic mass is 9.74. The Hall–Kier alpha value is -2.38. The van der Waals surface area contributed by atoms with Gasteiger partial charge in [-0.05, 0) is 18.6 Å². The number of aromatic nitrogens is 1. The van der Waals surface area contributed by atoms with Crippen molar-refractivity contribution >= 4 is 23.5 Å². The highest BCUT2D eigenvalue weighted by Gasteiger charge is 2.55. The molecule has 0 saturated carbocycles. The number of hydrogen-bond acceptors (Lipinski definition) is 5. The number of amides is 1. The van der Waals surface area contributed by atoms with Gasteiger partial charge in [0.05, 0.1) is 17.0 Å². The van der Waals surface area contributed by atoms with Gasteiger partial charge in [-0.2, -0.15) is 0 Å². The average Bonchev–Trinajstić information content (AvgIpc) is 3.27. The minimum absolute atomic E-state index is 0.139. The van der Waals surface area contributed by atoms with Crippen LogP contribution in [0.2, 0.25) is 5.02 Å². The van der Waals surface area contributed by atoms with Crippen LogP contribution in [0, 0.1) is 11.3 Å². The van der Waals surface area contributed by atoms with Crippen LogP contribution in [0.25, 0.3) is 11.3 Å². The Balaban J connectivity index is 1.58. The normalized spacial score (nSPS) is 25.1. The van der Waals surface area contributed by atoms with E-state index in [4.69, 9.17) is 20.9 Å². The molecular weight excluding hydrogens is 360 g/mol. The van der Waals surface area contributed by atoms with Crippen molar-refractivity contribution in [2.45, 2.75) is 6.42 Å². The fourth-order valence-corrected chi connectivity index (χ4v) is 4.01. The van der Waals surface area contributed by atoms with Gasteiger partial charge in [0.15, 0.2) is 11.5 Å². The summed E-state index contributed by atoms with van der Waals surface area (Å²) in [4.78, 5) is 26.2. The number of benzene rings is 1. The fourth-order valence-electron chi connectivity index (χ4n) is 3.78. The third kappa shape index (κ3) is 2.68. The Morgan fingerprint density at radius 2 is 2.15 bits per heavy atom. The molecule has 2 aliphatic heterocycles. The minimum Gasteiger partial charge on any atom is -0.481 e. The number of carboxylic acid groups (broad SMARTS) is 1. The quantitative estimate of drug-likeness (QED) is 0.884. The molecule has 136 valence electrons. The van der Waals surface area contributed by atoms with E-state index in [1.165, 1.54) is 11.0 Å². The molecular formula is C18H17ClN2O5. The largest absolute Gasteiger partial charge is 0.481 e. The van der Waals surface area contributed by atoms with Crippen LogP contribution in [0.5, 0.6) is 0 Å². The second-order valence-corrected chi connectivity index (χ2v) is 7.13. The third-order valence-corrected chi connectivity index (χ3v) is 5.62. The number of halogens is 1. The predicted molar refractivity (Wildman–Crippen MR) is 91.8 cm³/mol. The molecule has 1 aromatic carbocycles. The number of carbonyl (C=O) groups excluding carboxylic acids is 1. The number of hydrogen-bond donors (Lipinski definition) is 1. The average molecular weight is 377 g/mol.